The molecule has 1 aromatic rings. The van der Waals surface area contributed by atoms with Gasteiger partial charge in [0, 0.05) is 17.0 Å². The van der Waals surface area contributed by atoms with Crippen LogP contribution in [0.3, 0.4) is 0 Å². The first-order valence-electron chi connectivity index (χ1n) is 8.14. The molecule has 2 aliphatic heterocycles. The quantitative estimate of drug-likeness (QED) is 0.908. The summed E-state index contributed by atoms with van der Waals surface area (Å²) in [4.78, 5) is 0. The Balaban J connectivity index is 1.81. The van der Waals surface area contributed by atoms with Gasteiger partial charge in [-0.3, -0.25) is 0 Å². The molecule has 1 spiro atoms. The summed E-state index contributed by atoms with van der Waals surface area (Å²) < 4.78 is 17.7. The average Bonchev–Trinajstić information content (AvgIpc) is 2.88. The Kier molecular flexibility index (Phi) is 2.44. The van der Waals surface area contributed by atoms with E-state index >= 15 is 0 Å². The number of hydrogen-bond acceptors (Lipinski definition) is 4. The van der Waals surface area contributed by atoms with Gasteiger partial charge in [-0.05, 0) is 49.4 Å². The van der Waals surface area contributed by atoms with Crippen molar-refractivity contribution in [2.75, 3.05) is 20.8 Å². The largest absolute Gasteiger partial charge is 0.497 e. The third-order valence-electron chi connectivity index (χ3n) is 6.20. The van der Waals surface area contributed by atoms with Crippen molar-refractivity contribution in [2.24, 2.45) is 5.92 Å². The maximum Gasteiger partial charge on any atom is 0.166 e. The fourth-order valence-electron chi connectivity index (χ4n) is 5.38. The van der Waals surface area contributed by atoms with Crippen LogP contribution in [0.5, 0.6) is 11.5 Å². The van der Waals surface area contributed by atoms with Gasteiger partial charge in [0.1, 0.15) is 5.76 Å². The van der Waals surface area contributed by atoms with Crippen molar-refractivity contribution in [3.8, 4) is 11.5 Å². The maximum absolute atomic E-state index is 6.46. The Morgan fingerprint density at radius 1 is 1.27 bits per heavy atom. The Bertz CT molecular complexity index is 683. The van der Waals surface area contributed by atoms with Gasteiger partial charge >= 0.3 is 0 Å². The molecule has 116 valence electrons. The van der Waals surface area contributed by atoms with E-state index in [4.69, 9.17) is 14.2 Å². The van der Waals surface area contributed by atoms with Gasteiger partial charge in [0.25, 0.3) is 0 Å². The maximum atomic E-state index is 6.46. The van der Waals surface area contributed by atoms with Crippen LogP contribution in [0.25, 0.3) is 0 Å². The summed E-state index contributed by atoms with van der Waals surface area (Å²) in [6.07, 6.45) is 5.50. The third-order valence-corrected chi connectivity index (χ3v) is 6.20. The van der Waals surface area contributed by atoms with E-state index in [0.29, 0.717) is 12.0 Å². The van der Waals surface area contributed by atoms with Crippen molar-refractivity contribution in [2.45, 2.75) is 36.8 Å². The highest BCUT2D eigenvalue weighted by Crippen LogP contribution is 2.62. The predicted molar refractivity (Wildman–Crippen MR) is 82.4 cm³/mol. The van der Waals surface area contributed by atoms with Crippen molar-refractivity contribution in [1.29, 1.82) is 0 Å². The van der Waals surface area contributed by atoms with Crippen LogP contribution < -0.4 is 14.8 Å². The lowest BCUT2D eigenvalue weighted by Gasteiger charge is -2.54. The SMILES string of the molecule is COC1=CCC2C3Cc4ccc(OC)c5c4C2(CCN3)C1O5. The molecule has 0 radical (unpaired) electrons. The Morgan fingerprint density at radius 2 is 2.18 bits per heavy atom. The van der Waals surface area contributed by atoms with Crippen LogP contribution in [-0.4, -0.2) is 32.9 Å². The molecule has 2 heterocycles. The predicted octanol–water partition coefficient (Wildman–Crippen LogP) is 2.16. The number of nitrogens with one attached hydrogen (secondary N) is 1. The molecule has 4 heteroatoms. The number of rotatable bonds is 2. The summed E-state index contributed by atoms with van der Waals surface area (Å²) in [7, 11) is 3.48. The lowest BCUT2D eigenvalue weighted by atomic mass is 9.53. The summed E-state index contributed by atoms with van der Waals surface area (Å²) >= 11 is 0. The van der Waals surface area contributed by atoms with Gasteiger partial charge < -0.3 is 19.5 Å². The number of piperidine rings is 1. The molecule has 4 nitrogen and oxygen atoms in total. The molecular formula is C18H21NO3. The molecule has 4 unspecified atom stereocenters. The number of allylic oxidation sites excluding steroid dienone is 1. The fourth-order valence-corrected chi connectivity index (χ4v) is 5.38. The topological polar surface area (TPSA) is 39.7 Å². The van der Waals surface area contributed by atoms with E-state index in [-0.39, 0.29) is 11.5 Å². The van der Waals surface area contributed by atoms with Gasteiger partial charge in [0.2, 0.25) is 0 Å². The highest BCUT2D eigenvalue weighted by Gasteiger charge is 2.63. The molecular weight excluding hydrogens is 278 g/mol. The van der Waals surface area contributed by atoms with E-state index in [2.05, 4.69) is 17.5 Å². The highest BCUT2D eigenvalue weighted by molar-refractivity contribution is 5.62. The van der Waals surface area contributed by atoms with E-state index in [0.717, 1.165) is 43.1 Å². The van der Waals surface area contributed by atoms with Crippen LogP contribution in [-0.2, 0) is 16.6 Å². The number of hydrogen-bond donors (Lipinski definition) is 1. The molecule has 5 rings (SSSR count). The Morgan fingerprint density at radius 3 is 3.00 bits per heavy atom. The van der Waals surface area contributed by atoms with E-state index in [1.807, 2.05) is 6.07 Å². The summed E-state index contributed by atoms with van der Waals surface area (Å²) in [5, 5.41) is 3.73. The zero-order valence-electron chi connectivity index (χ0n) is 13.0. The highest BCUT2D eigenvalue weighted by atomic mass is 16.6. The van der Waals surface area contributed by atoms with Crippen molar-refractivity contribution in [3.63, 3.8) is 0 Å². The molecule has 0 saturated carbocycles. The normalized spacial score (nSPS) is 37.0. The molecule has 1 aromatic carbocycles. The van der Waals surface area contributed by atoms with E-state index in [1.54, 1.807) is 14.2 Å². The van der Waals surface area contributed by atoms with Crippen LogP contribution in [0.15, 0.2) is 24.0 Å². The van der Waals surface area contributed by atoms with Gasteiger partial charge in [-0.15, -0.1) is 0 Å². The second-order valence-electron chi connectivity index (χ2n) is 6.84. The van der Waals surface area contributed by atoms with Crippen LogP contribution in [0.1, 0.15) is 24.0 Å². The second-order valence-corrected chi connectivity index (χ2v) is 6.84. The Labute approximate surface area is 130 Å². The minimum Gasteiger partial charge on any atom is -0.497 e. The zero-order valence-corrected chi connectivity index (χ0v) is 13.0. The summed E-state index contributed by atoms with van der Waals surface area (Å²) in [5.41, 5.74) is 2.89. The molecule has 1 saturated heterocycles. The average molecular weight is 299 g/mol. The van der Waals surface area contributed by atoms with Gasteiger partial charge in [-0.25, -0.2) is 0 Å². The van der Waals surface area contributed by atoms with Crippen molar-refractivity contribution >= 4 is 0 Å². The molecule has 0 amide bonds. The van der Waals surface area contributed by atoms with E-state index in [1.165, 1.54) is 11.1 Å². The van der Waals surface area contributed by atoms with Gasteiger partial charge in [0.15, 0.2) is 17.6 Å². The molecule has 22 heavy (non-hydrogen) atoms. The smallest absolute Gasteiger partial charge is 0.166 e. The summed E-state index contributed by atoms with van der Waals surface area (Å²) in [6.45, 7) is 1.05. The minimum atomic E-state index is 0.00574. The monoisotopic (exact) mass is 299 g/mol. The lowest BCUT2D eigenvalue weighted by molar-refractivity contribution is 0.0182. The first kappa shape index (κ1) is 12.8. The molecule has 2 aliphatic carbocycles. The molecule has 1 N–H and O–H groups in total. The Hall–Kier alpha value is -1.68. The first-order valence-corrected chi connectivity index (χ1v) is 8.14. The first-order chi connectivity index (χ1) is 10.8. The molecule has 0 aromatic heterocycles. The number of ether oxygens (including phenoxy) is 3. The fraction of sp³-hybridized carbons (Fsp3) is 0.556. The third kappa shape index (κ3) is 1.29. The molecule has 4 aliphatic rings. The summed E-state index contributed by atoms with van der Waals surface area (Å²) in [6, 6.07) is 4.82. The minimum absolute atomic E-state index is 0.00574. The standard InChI is InChI=1S/C18H21NO3/c1-20-13-5-3-10-9-12-11-4-6-14(21-2)17-18(11,7-8-19-12)15(10)16(13)22-17/h3,5-6,11-12,17,19H,4,7-9H2,1-2H3. The van der Waals surface area contributed by atoms with Gasteiger partial charge in [-0.2, -0.15) is 0 Å². The van der Waals surface area contributed by atoms with Crippen LogP contribution in [0.2, 0.25) is 0 Å². The molecule has 2 bridgehead atoms. The van der Waals surface area contributed by atoms with Gasteiger partial charge in [0.05, 0.1) is 14.2 Å². The van der Waals surface area contributed by atoms with Gasteiger partial charge in [-0.1, -0.05) is 6.07 Å². The molecule has 4 atom stereocenters. The van der Waals surface area contributed by atoms with Crippen molar-refractivity contribution < 1.29 is 14.2 Å². The van der Waals surface area contributed by atoms with E-state index in [9.17, 15) is 0 Å². The lowest BCUT2D eigenvalue weighted by Crippen LogP contribution is -2.63. The zero-order chi connectivity index (χ0) is 14.9. The molecule has 1 fully saturated rings. The second kappa shape index (κ2) is 4.19. The van der Waals surface area contributed by atoms with Crippen molar-refractivity contribution in [3.05, 3.63) is 35.1 Å². The van der Waals surface area contributed by atoms with Crippen molar-refractivity contribution in [1.82, 2.24) is 5.32 Å². The number of benzene rings is 1. The van der Waals surface area contributed by atoms with Crippen LogP contribution >= 0.6 is 0 Å². The van der Waals surface area contributed by atoms with E-state index < -0.39 is 0 Å². The summed E-state index contributed by atoms with van der Waals surface area (Å²) in [5.74, 6) is 3.39. The van der Waals surface area contributed by atoms with Crippen LogP contribution in [0, 0.1) is 5.92 Å². The van der Waals surface area contributed by atoms with Crippen LogP contribution in [0.4, 0.5) is 0 Å². The number of methoxy groups -OCH3 is 2.